The number of hydrogen-bond donors (Lipinski definition) is 1. The minimum atomic E-state index is -0.323. The van der Waals surface area contributed by atoms with E-state index in [9.17, 15) is 9.90 Å². The highest BCUT2D eigenvalue weighted by Crippen LogP contribution is 2.27. The van der Waals surface area contributed by atoms with Gasteiger partial charge in [-0.2, -0.15) is 0 Å². The number of ether oxygens (including phenoxy) is 1. The molecule has 3 heterocycles. The van der Waals surface area contributed by atoms with Crippen LogP contribution in [0.2, 0.25) is 0 Å². The van der Waals surface area contributed by atoms with E-state index in [1.807, 2.05) is 51.2 Å². The molecule has 34 heavy (non-hydrogen) atoms. The lowest BCUT2D eigenvalue weighted by molar-refractivity contribution is 0.0324. The Morgan fingerprint density at radius 2 is 2.09 bits per heavy atom. The predicted molar refractivity (Wildman–Crippen MR) is 131 cm³/mol. The van der Waals surface area contributed by atoms with Gasteiger partial charge in [0, 0.05) is 43.5 Å². The number of fused-ring (bicyclic) bond motifs is 1. The highest BCUT2D eigenvalue weighted by Gasteiger charge is 2.34. The first-order chi connectivity index (χ1) is 16.3. The number of nitrogens with zero attached hydrogens (tertiary/aromatic N) is 5. The van der Waals surface area contributed by atoms with E-state index in [1.165, 1.54) is 0 Å². The van der Waals surface area contributed by atoms with Gasteiger partial charge in [-0.3, -0.25) is 19.6 Å². The number of aromatic nitrogens is 2. The van der Waals surface area contributed by atoms with Crippen LogP contribution in [0.3, 0.4) is 0 Å². The Bertz CT molecular complexity index is 1020. The van der Waals surface area contributed by atoms with Crippen LogP contribution < -0.4 is 4.74 Å². The molecule has 182 valence electrons. The van der Waals surface area contributed by atoms with Crippen molar-refractivity contribution in [1.82, 2.24) is 24.7 Å². The second-order valence-corrected chi connectivity index (χ2v) is 9.26. The summed E-state index contributed by atoms with van der Waals surface area (Å²) in [4.78, 5) is 28.2. The third-order valence-electron chi connectivity index (χ3n) is 5.80. The van der Waals surface area contributed by atoms with E-state index in [4.69, 9.17) is 4.74 Å². The summed E-state index contributed by atoms with van der Waals surface area (Å²) in [6.45, 7) is 6.20. The summed E-state index contributed by atoms with van der Waals surface area (Å²) in [5, 5.41) is 9.82. The molecule has 0 saturated carbocycles. The molecule has 2 aromatic rings. The van der Waals surface area contributed by atoms with Crippen LogP contribution in [0.1, 0.15) is 35.5 Å². The van der Waals surface area contributed by atoms with Gasteiger partial charge in [0.05, 0.1) is 24.9 Å². The van der Waals surface area contributed by atoms with Gasteiger partial charge in [-0.25, -0.2) is 4.98 Å². The monoisotopic (exact) mass is 465 g/mol. The Balaban J connectivity index is 1.89. The van der Waals surface area contributed by atoms with Crippen LogP contribution in [-0.4, -0.2) is 95.2 Å². The molecule has 0 radical (unpaired) electrons. The molecule has 3 rings (SSSR count). The van der Waals surface area contributed by atoms with E-state index in [0.717, 1.165) is 5.69 Å². The fourth-order valence-electron chi connectivity index (χ4n) is 3.83. The number of rotatable bonds is 7. The summed E-state index contributed by atoms with van der Waals surface area (Å²) in [6, 6.07) is 7.30. The zero-order chi connectivity index (χ0) is 24.7. The number of aliphatic hydroxyl groups is 1. The van der Waals surface area contributed by atoms with Crippen LogP contribution in [0.5, 0.6) is 5.88 Å². The lowest BCUT2D eigenvalue weighted by atomic mass is 10.00. The summed E-state index contributed by atoms with van der Waals surface area (Å²) in [6.07, 6.45) is 3.24. The Morgan fingerprint density at radius 1 is 1.29 bits per heavy atom. The molecule has 0 bridgehead atoms. The molecule has 0 aliphatic carbocycles. The molecule has 1 aliphatic heterocycles. The van der Waals surface area contributed by atoms with E-state index in [2.05, 4.69) is 33.6 Å². The molecule has 1 amide bonds. The Hall–Kier alpha value is -2.99. The number of aliphatic hydroxyl groups excluding tert-OH is 1. The van der Waals surface area contributed by atoms with Crippen molar-refractivity contribution in [3.8, 4) is 17.7 Å². The summed E-state index contributed by atoms with van der Waals surface area (Å²) in [5.74, 6) is 6.29. The highest BCUT2D eigenvalue weighted by atomic mass is 16.5. The summed E-state index contributed by atoms with van der Waals surface area (Å²) in [7, 11) is 5.93. The second kappa shape index (κ2) is 11.9. The maximum absolute atomic E-state index is 13.5. The lowest BCUT2D eigenvalue weighted by Gasteiger charge is -2.37. The molecule has 0 unspecified atom stereocenters. The molecule has 2 aromatic heterocycles. The summed E-state index contributed by atoms with van der Waals surface area (Å²) >= 11 is 0. The van der Waals surface area contributed by atoms with Crippen LogP contribution >= 0.6 is 0 Å². The third-order valence-corrected chi connectivity index (χ3v) is 5.80. The zero-order valence-corrected chi connectivity index (χ0v) is 20.7. The average Bonchev–Trinajstić information content (AvgIpc) is 2.81. The van der Waals surface area contributed by atoms with Gasteiger partial charge in [0.15, 0.2) is 0 Å². The van der Waals surface area contributed by atoms with Crippen LogP contribution in [0, 0.1) is 17.8 Å². The Labute approximate surface area is 202 Å². The third kappa shape index (κ3) is 6.76. The van der Waals surface area contributed by atoms with Gasteiger partial charge in [0.25, 0.3) is 5.91 Å². The number of pyridine rings is 2. The maximum Gasteiger partial charge on any atom is 0.259 e. The van der Waals surface area contributed by atoms with Gasteiger partial charge in [0.2, 0.25) is 5.88 Å². The molecule has 1 aliphatic rings. The second-order valence-electron chi connectivity index (χ2n) is 9.26. The van der Waals surface area contributed by atoms with E-state index in [0.29, 0.717) is 43.2 Å². The van der Waals surface area contributed by atoms with Gasteiger partial charge in [-0.15, -0.1) is 0 Å². The number of carbonyl (C=O) groups excluding carboxylic acids is 1. The van der Waals surface area contributed by atoms with Crippen LogP contribution in [0.4, 0.5) is 0 Å². The Kier molecular flexibility index (Phi) is 8.99. The highest BCUT2D eigenvalue weighted by molar-refractivity contribution is 5.97. The van der Waals surface area contributed by atoms with E-state index in [1.54, 1.807) is 23.4 Å². The van der Waals surface area contributed by atoms with Gasteiger partial charge >= 0.3 is 0 Å². The first-order valence-corrected chi connectivity index (χ1v) is 11.6. The number of hydrogen-bond acceptors (Lipinski definition) is 7. The molecule has 0 spiro atoms. The quantitative estimate of drug-likeness (QED) is 0.624. The van der Waals surface area contributed by atoms with Crippen molar-refractivity contribution in [3.63, 3.8) is 0 Å². The number of carbonyl (C=O) groups is 1. The minimum Gasteiger partial charge on any atom is -0.472 e. The molecule has 0 saturated heterocycles. The van der Waals surface area contributed by atoms with Crippen LogP contribution in [0.25, 0.3) is 0 Å². The lowest BCUT2D eigenvalue weighted by Crippen LogP contribution is -2.49. The van der Waals surface area contributed by atoms with Gasteiger partial charge in [-0.1, -0.05) is 24.8 Å². The molecular weight excluding hydrogens is 430 g/mol. The van der Waals surface area contributed by atoms with Crippen LogP contribution in [-0.2, 0) is 6.54 Å². The molecule has 1 N–H and O–H groups in total. The van der Waals surface area contributed by atoms with Crippen molar-refractivity contribution in [3.05, 3.63) is 53.5 Å². The topological polar surface area (TPSA) is 82.0 Å². The van der Waals surface area contributed by atoms with E-state index >= 15 is 0 Å². The fourth-order valence-corrected chi connectivity index (χ4v) is 3.83. The molecule has 0 fully saturated rings. The predicted octanol–water partition coefficient (Wildman–Crippen LogP) is 1.74. The van der Waals surface area contributed by atoms with Crippen LogP contribution in [0.15, 0.2) is 36.7 Å². The van der Waals surface area contributed by atoms with Gasteiger partial charge in [0.1, 0.15) is 11.7 Å². The van der Waals surface area contributed by atoms with Crippen molar-refractivity contribution >= 4 is 5.91 Å². The average molecular weight is 466 g/mol. The normalized spacial score (nSPS) is 19.1. The SMILES string of the molecule is C[C@H](CO)N1C[C@H](C)[C@@H](CN(C)Cc2ccccn2)Oc2ncc(C#CCN(C)C)cc2C1=O. The van der Waals surface area contributed by atoms with Crippen molar-refractivity contribution in [1.29, 1.82) is 0 Å². The van der Waals surface area contributed by atoms with Crippen molar-refractivity contribution in [2.24, 2.45) is 5.92 Å². The summed E-state index contributed by atoms with van der Waals surface area (Å²) < 4.78 is 6.35. The summed E-state index contributed by atoms with van der Waals surface area (Å²) in [5.41, 5.74) is 2.02. The minimum absolute atomic E-state index is 0.0265. The van der Waals surface area contributed by atoms with Gasteiger partial charge < -0.3 is 14.7 Å². The molecular formula is C26H35N5O3. The smallest absolute Gasteiger partial charge is 0.259 e. The largest absolute Gasteiger partial charge is 0.472 e. The van der Waals surface area contributed by atoms with E-state index in [-0.39, 0.29) is 30.6 Å². The molecule has 8 heteroatoms. The maximum atomic E-state index is 13.5. The van der Waals surface area contributed by atoms with Gasteiger partial charge in [-0.05, 0) is 46.3 Å². The number of likely N-dealkylation sites (N-methyl/N-ethyl adjacent to an activating group) is 1. The van der Waals surface area contributed by atoms with Crippen molar-refractivity contribution < 1.29 is 14.6 Å². The molecule has 0 aromatic carbocycles. The standard InChI is InChI=1S/C26H35N5O3/c1-19-15-31(20(2)18-32)26(33)23-13-21(9-8-12-29(3)4)14-28-25(23)34-24(19)17-30(5)16-22-10-6-7-11-27-22/h6-7,10-11,13-14,19-20,24,32H,12,15-18H2,1-5H3/t19-,20+,24+/m0/s1. The number of amides is 1. The van der Waals surface area contributed by atoms with E-state index < -0.39 is 0 Å². The first-order valence-electron chi connectivity index (χ1n) is 11.6. The molecule has 3 atom stereocenters. The van der Waals surface area contributed by atoms with Crippen molar-refractivity contribution in [2.75, 3.05) is 47.4 Å². The van der Waals surface area contributed by atoms with Crippen molar-refractivity contribution in [2.45, 2.75) is 32.5 Å². The fraction of sp³-hybridized carbons (Fsp3) is 0.500. The first kappa shape index (κ1) is 25.6. The zero-order valence-electron chi connectivity index (χ0n) is 20.7. The Morgan fingerprint density at radius 3 is 2.76 bits per heavy atom. The molecule has 8 nitrogen and oxygen atoms in total.